The summed E-state index contributed by atoms with van der Waals surface area (Å²) in [4.78, 5) is 18.5. The zero-order chi connectivity index (χ0) is 18.6. The van der Waals surface area contributed by atoms with E-state index < -0.39 is 0 Å². The number of amides is 1. The number of ether oxygens (including phenoxy) is 1. The van der Waals surface area contributed by atoms with Crippen LogP contribution in [-0.2, 0) is 4.74 Å². The van der Waals surface area contributed by atoms with Crippen LogP contribution in [0.1, 0.15) is 23.2 Å². The molecule has 6 heteroatoms. The summed E-state index contributed by atoms with van der Waals surface area (Å²) >= 11 is 7.73. The summed E-state index contributed by atoms with van der Waals surface area (Å²) in [5, 5.41) is 5.26. The van der Waals surface area contributed by atoms with E-state index in [4.69, 9.17) is 21.3 Å². The molecule has 27 heavy (non-hydrogen) atoms. The predicted octanol–water partition coefficient (Wildman–Crippen LogP) is 4.95. The van der Waals surface area contributed by atoms with Crippen molar-refractivity contribution in [2.75, 3.05) is 13.2 Å². The molecular weight excluding hydrogens is 380 g/mol. The topological polar surface area (TPSA) is 51.2 Å². The number of nitrogens with zero attached hydrogens (tertiary/aromatic N) is 1. The van der Waals surface area contributed by atoms with E-state index in [2.05, 4.69) is 5.32 Å². The van der Waals surface area contributed by atoms with E-state index in [0.717, 1.165) is 40.3 Å². The van der Waals surface area contributed by atoms with E-state index in [0.29, 0.717) is 17.1 Å². The lowest BCUT2D eigenvalue weighted by Gasteiger charge is -2.13. The highest BCUT2D eigenvalue weighted by Crippen LogP contribution is 2.34. The molecule has 0 saturated carbocycles. The molecule has 1 unspecified atom stereocenters. The van der Waals surface area contributed by atoms with E-state index in [1.807, 2.05) is 54.6 Å². The number of pyridine rings is 1. The standard InChI is InChI=1S/C21H19ClN2O2S/c22-17-8-2-4-10-19(17)27-20-12-16(15-7-1-3-9-18(15)24-20)21(25)23-13-14-6-5-11-26-14/h1-4,7-10,12,14H,5-6,11,13H2,(H,23,25). The van der Waals surface area contributed by atoms with E-state index in [9.17, 15) is 4.79 Å². The van der Waals surface area contributed by atoms with Crippen molar-refractivity contribution in [1.29, 1.82) is 0 Å². The summed E-state index contributed by atoms with van der Waals surface area (Å²) in [6.45, 7) is 1.31. The summed E-state index contributed by atoms with van der Waals surface area (Å²) < 4.78 is 5.60. The third-order valence-electron chi connectivity index (χ3n) is 4.50. The van der Waals surface area contributed by atoms with Gasteiger partial charge in [-0.05, 0) is 37.1 Å². The van der Waals surface area contributed by atoms with Gasteiger partial charge >= 0.3 is 0 Å². The zero-order valence-corrected chi connectivity index (χ0v) is 16.2. The van der Waals surface area contributed by atoms with E-state index in [-0.39, 0.29) is 12.0 Å². The first-order valence-electron chi connectivity index (χ1n) is 8.93. The summed E-state index contributed by atoms with van der Waals surface area (Å²) in [6.07, 6.45) is 2.15. The zero-order valence-electron chi connectivity index (χ0n) is 14.7. The molecule has 1 aliphatic heterocycles. The molecule has 1 atom stereocenters. The van der Waals surface area contributed by atoms with Crippen molar-refractivity contribution >= 4 is 40.2 Å². The summed E-state index contributed by atoms with van der Waals surface area (Å²) in [6, 6.07) is 17.1. The molecule has 1 aliphatic rings. The fraction of sp³-hybridized carbons (Fsp3) is 0.238. The number of carbonyl (C=O) groups is 1. The van der Waals surface area contributed by atoms with Crippen LogP contribution in [0.4, 0.5) is 0 Å². The van der Waals surface area contributed by atoms with Gasteiger partial charge in [-0.2, -0.15) is 0 Å². The number of halogens is 1. The molecule has 4 rings (SSSR count). The average Bonchev–Trinajstić information content (AvgIpc) is 3.21. The Morgan fingerprint density at radius 2 is 2.04 bits per heavy atom. The van der Waals surface area contributed by atoms with Crippen molar-refractivity contribution in [1.82, 2.24) is 10.3 Å². The number of para-hydroxylation sites is 1. The number of rotatable bonds is 5. The van der Waals surface area contributed by atoms with Crippen LogP contribution in [0, 0.1) is 0 Å². The van der Waals surface area contributed by atoms with Gasteiger partial charge in [-0.25, -0.2) is 4.98 Å². The Morgan fingerprint density at radius 3 is 2.85 bits per heavy atom. The largest absolute Gasteiger partial charge is 0.376 e. The van der Waals surface area contributed by atoms with Crippen molar-refractivity contribution in [3.8, 4) is 0 Å². The number of aromatic nitrogens is 1. The van der Waals surface area contributed by atoms with Crippen LogP contribution in [-0.4, -0.2) is 30.1 Å². The molecule has 1 saturated heterocycles. The monoisotopic (exact) mass is 398 g/mol. The minimum Gasteiger partial charge on any atom is -0.376 e. The lowest BCUT2D eigenvalue weighted by molar-refractivity contribution is 0.0859. The molecule has 1 aromatic heterocycles. The highest BCUT2D eigenvalue weighted by atomic mass is 35.5. The quantitative estimate of drug-likeness (QED) is 0.660. The second-order valence-corrected chi connectivity index (χ2v) is 7.87. The van der Waals surface area contributed by atoms with E-state index in [1.54, 1.807) is 0 Å². The molecule has 138 valence electrons. The molecule has 0 aliphatic carbocycles. The molecule has 3 aromatic rings. The minimum absolute atomic E-state index is 0.106. The van der Waals surface area contributed by atoms with Crippen molar-refractivity contribution in [2.45, 2.75) is 28.9 Å². The van der Waals surface area contributed by atoms with Crippen molar-refractivity contribution in [3.63, 3.8) is 0 Å². The number of hydrogen-bond donors (Lipinski definition) is 1. The van der Waals surface area contributed by atoms with Crippen molar-refractivity contribution < 1.29 is 9.53 Å². The van der Waals surface area contributed by atoms with Gasteiger partial charge in [-0.15, -0.1) is 0 Å². The van der Waals surface area contributed by atoms with Crippen LogP contribution in [0.2, 0.25) is 5.02 Å². The molecule has 0 bridgehead atoms. The minimum atomic E-state index is -0.106. The summed E-state index contributed by atoms with van der Waals surface area (Å²) in [5.41, 5.74) is 1.41. The van der Waals surface area contributed by atoms with Crippen LogP contribution in [0.25, 0.3) is 10.9 Å². The van der Waals surface area contributed by atoms with Gasteiger partial charge in [0.1, 0.15) is 5.03 Å². The maximum absolute atomic E-state index is 12.9. The van der Waals surface area contributed by atoms with Gasteiger partial charge in [0.25, 0.3) is 5.91 Å². The number of nitrogens with one attached hydrogen (secondary N) is 1. The lowest BCUT2D eigenvalue weighted by Crippen LogP contribution is -2.31. The molecule has 1 amide bonds. The third kappa shape index (κ3) is 4.26. The Kier molecular flexibility index (Phi) is 5.62. The Morgan fingerprint density at radius 1 is 1.22 bits per heavy atom. The second-order valence-electron chi connectivity index (χ2n) is 6.40. The Bertz CT molecular complexity index is 973. The first-order valence-corrected chi connectivity index (χ1v) is 10.1. The second kappa shape index (κ2) is 8.30. The molecule has 2 heterocycles. The van der Waals surface area contributed by atoms with E-state index in [1.165, 1.54) is 11.8 Å². The average molecular weight is 399 g/mol. The lowest BCUT2D eigenvalue weighted by atomic mass is 10.1. The van der Waals surface area contributed by atoms with Crippen LogP contribution < -0.4 is 5.32 Å². The van der Waals surface area contributed by atoms with Gasteiger partial charge in [0.2, 0.25) is 0 Å². The smallest absolute Gasteiger partial charge is 0.252 e. The predicted molar refractivity (Wildman–Crippen MR) is 109 cm³/mol. The SMILES string of the molecule is O=C(NCC1CCCO1)c1cc(Sc2ccccc2Cl)nc2ccccc12. The molecule has 1 N–H and O–H groups in total. The van der Waals surface area contributed by atoms with Gasteiger partial charge in [-0.1, -0.05) is 53.7 Å². The Hall–Kier alpha value is -2.08. The Labute approximate surface area is 167 Å². The van der Waals surface area contributed by atoms with Gasteiger partial charge < -0.3 is 10.1 Å². The molecular formula is C21H19ClN2O2S. The molecule has 1 fully saturated rings. The van der Waals surface area contributed by atoms with Gasteiger partial charge in [-0.3, -0.25) is 4.79 Å². The number of hydrogen-bond acceptors (Lipinski definition) is 4. The maximum Gasteiger partial charge on any atom is 0.252 e. The highest BCUT2D eigenvalue weighted by Gasteiger charge is 2.18. The summed E-state index contributed by atoms with van der Waals surface area (Å²) in [5.74, 6) is -0.106. The number of fused-ring (bicyclic) bond motifs is 1. The van der Waals surface area contributed by atoms with Crippen LogP contribution >= 0.6 is 23.4 Å². The first kappa shape index (κ1) is 18.3. The molecule has 0 radical (unpaired) electrons. The molecule has 4 nitrogen and oxygen atoms in total. The third-order valence-corrected chi connectivity index (χ3v) is 5.94. The highest BCUT2D eigenvalue weighted by molar-refractivity contribution is 7.99. The van der Waals surface area contributed by atoms with E-state index >= 15 is 0 Å². The van der Waals surface area contributed by atoms with Crippen molar-refractivity contribution in [2.24, 2.45) is 0 Å². The fourth-order valence-electron chi connectivity index (χ4n) is 3.14. The molecule has 0 spiro atoms. The normalized spacial score (nSPS) is 16.6. The van der Waals surface area contributed by atoms with Crippen LogP contribution in [0.5, 0.6) is 0 Å². The summed E-state index contributed by atoms with van der Waals surface area (Å²) in [7, 11) is 0. The number of carbonyl (C=O) groups excluding carboxylic acids is 1. The Balaban J connectivity index is 1.63. The van der Waals surface area contributed by atoms with Gasteiger partial charge in [0.05, 0.1) is 22.2 Å². The fourth-order valence-corrected chi connectivity index (χ4v) is 4.25. The van der Waals surface area contributed by atoms with Crippen LogP contribution in [0.15, 0.2) is 64.5 Å². The van der Waals surface area contributed by atoms with Crippen LogP contribution in [0.3, 0.4) is 0 Å². The van der Waals surface area contributed by atoms with Crippen molar-refractivity contribution in [3.05, 3.63) is 65.2 Å². The maximum atomic E-state index is 12.9. The van der Waals surface area contributed by atoms with Gasteiger partial charge in [0, 0.05) is 23.4 Å². The number of benzene rings is 2. The van der Waals surface area contributed by atoms with Gasteiger partial charge in [0.15, 0.2) is 0 Å². The first-order chi connectivity index (χ1) is 13.2. The molecule has 2 aromatic carbocycles.